The Morgan fingerprint density at radius 2 is 1.94 bits per heavy atom. The summed E-state index contributed by atoms with van der Waals surface area (Å²) >= 11 is 0. The lowest BCUT2D eigenvalue weighted by molar-refractivity contribution is -0.141. The number of hydrogen-bond acceptors (Lipinski definition) is 4. The highest BCUT2D eigenvalue weighted by atomic mass is 19.4. The summed E-state index contributed by atoms with van der Waals surface area (Å²) in [7, 11) is 0. The Labute approximate surface area is 96.2 Å². The standard InChI is InChI=1S/C10H12F3N3O/c11-10(12,13)8-5-9(15-6-14-8)16-7-1-3-17-4-2-7/h5-7H,1-4H2,(H,14,15,16). The third kappa shape index (κ3) is 3.29. The van der Waals surface area contributed by atoms with Gasteiger partial charge in [0.1, 0.15) is 17.8 Å². The van der Waals surface area contributed by atoms with Gasteiger partial charge in [-0.15, -0.1) is 0 Å². The van der Waals surface area contributed by atoms with Crippen LogP contribution in [0, 0.1) is 0 Å². The molecule has 94 valence electrons. The third-order valence-electron chi connectivity index (χ3n) is 2.53. The number of nitrogens with one attached hydrogen (secondary N) is 1. The molecular weight excluding hydrogens is 235 g/mol. The Morgan fingerprint density at radius 3 is 2.59 bits per heavy atom. The van der Waals surface area contributed by atoms with Gasteiger partial charge >= 0.3 is 6.18 Å². The highest BCUT2D eigenvalue weighted by Crippen LogP contribution is 2.28. The number of halogens is 3. The minimum absolute atomic E-state index is 0.111. The van der Waals surface area contributed by atoms with E-state index in [0.29, 0.717) is 13.2 Å². The monoisotopic (exact) mass is 247 g/mol. The lowest BCUT2D eigenvalue weighted by Crippen LogP contribution is -2.28. The molecule has 1 aliphatic rings. The molecule has 2 rings (SSSR count). The molecule has 2 heterocycles. The predicted octanol–water partition coefficient (Wildman–Crippen LogP) is 2.09. The van der Waals surface area contributed by atoms with E-state index >= 15 is 0 Å². The van der Waals surface area contributed by atoms with Crippen LogP contribution in [-0.2, 0) is 10.9 Å². The van der Waals surface area contributed by atoms with Gasteiger partial charge in [-0.1, -0.05) is 0 Å². The van der Waals surface area contributed by atoms with Crippen molar-refractivity contribution >= 4 is 5.82 Å². The van der Waals surface area contributed by atoms with Gasteiger partial charge < -0.3 is 10.1 Å². The van der Waals surface area contributed by atoms with Crippen LogP contribution in [0.1, 0.15) is 18.5 Å². The average molecular weight is 247 g/mol. The fourth-order valence-corrected chi connectivity index (χ4v) is 1.64. The molecule has 4 nitrogen and oxygen atoms in total. The first-order chi connectivity index (χ1) is 8.05. The van der Waals surface area contributed by atoms with Gasteiger partial charge in [0.05, 0.1) is 0 Å². The lowest BCUT2D eigenvalue weighted by Gasteiger charge is -2.23. The number of anilines is 1. The molecule has 0 saturated carbocycles. The van der Waals surface area contributed by atoms with Gasteiger partial charge in [-0.3, -0.25) is 0 Å². The zero-order chi connectivity index (χ0) is 12.3. The zero-order valence-electron chi connectivity index (χ0n) is 9.00. The van der Waals surface area contributed by atoms with Crippen LogP contribution in [0.25, 0.3) is 0 Å². The second-order valence-corrected chi connectivity index (χ2v) is 3.82. The van der Waals surface area contributed by atoms with Crippen molar-refractivity contribution in [1.29, 1.82) is 0 Å². The molecule has 1 N–H and O–H groups in total. The van der Waals surface area contributed by atoms with Crippen LogP contribution in [0.5, 0.6) is 0 Å². The van der Waals surface area contributed by atoms with Gasteiger partial charge in [0.25, 0.3) is 0 Å². The second kappa shape index (κ2) is 4.87. The summed E-state index contributed by atoms with van der Waals surface area (Å²) in [5.74, 6) is 0.208. The fourth-order valence-electron chi connectivity index (χ4n) is 1.64. The first kappa shape index (κ1) is 12.1. The second-order valence-electron chi connectivity index (χ2n) is 3.82. The first-order valence-electron chi connectivity index (χ1n) is 5.29. The molecule has 1 fully saturated rings. The van der Waals surface area contributed by atoms with Gasteiger partial charge in [-0.2, -0.15) is 13.2 Å². The van der Waals surface area contributed by atoms with Crippen LogP contribution < -0.4 is 5.32 Å². The van der Waals surface area contributed by atoms with E-state index in [1.165, 1.54) is 0 Å². The summed E-state index contributed by atoms with van der Waals surface area (Å²) in [6, 6.07) is 1.04. The van der Waals surface area contributed by atoms with Crippen LogP contribution >= 0.6 is 0 Å². The molecule has 0 amide bonds. The summed E-state index contributed by atoms with van der Waals surface area (Å²) < 4.78 is 42.4. The summed E-state index contributed by atoms with van der Waals surface area (Å²) in [6.45, 7) is 1.24. The number of aromatic nitrogens is 2. The van der Waals surface area contributed by atoms with Gasteiger partial charge in [0.2, 0.25) is 0 Å². The third-order valence-corrected chi connectivity index (χ3v) is 2.53. The maximum Gasteiger partial charge on any atom is 0.433 e. The Morgan fingerprint density at radius 1 is 1.24 bits per heavy atom. The van der Waals surface area contributed by atoms with E-state index in [-0.39, 0.29) is 11.9 Å². The molecule has 0 atom stereocenters. The van der Waals surface area contributed by atoms with E-state index in [9.17, 15) is 13.2 Å². The molecule has 1 aromatic rings. The summed E-state index contributed by atoms with van der Waals surface area (Å²) in [4.78, 5) is 6.99. The van der Waals surface area contributed by atoms with Gasteiger partial charge in [0, 0.05) is 25.3 Å². The van der Waals surface area contributed by atoms with Gasteiger partial charge in [-0.25, -0.2) is 9.97 Å². The van der Waals surface area contributed by atoms with E-state index in [1.54, 1.807) is 0 Å². The number of rotatable bonds is 2. The predicted molar refractivity (Wildman–Crippen MR) is 54.5 cm³/mol. The Hall–Kier alpha value is -1.37. The number of ether oxygens (including phenoxy) is 1. The van der Waals surface area contributed by atoms with E-state index in [2.05, 4.69) is 15.3 Å². The molecule has 7 heteroatoms. The first-order valence-corrected chi connectivity index (χ1v) is 5.29. The summed E-state index contributed by atoms with van der Waals surface area (Å²) in [5, 5.41) is 2.96. The minimum Gasteiger partial charge on any atom is -0.381 e. The van der Waals surface area contributed by atoms with Crippen molar-refractivity contribution in [2.75, 3.05) is 18.5 Å². The normalized spacial score (nSPS) is 18.1. The summed E-state index contributed by atoms with van der Waals surface area (Å²) in [5.41, 5.74) is -0.929. The molecule has 0 radical (unpaired) electrons. The maximum absolute atomic E-state index is 12.4. The zero-order valence-corrected chi connectivity index (χ0v) is 9.00. The van der Waals surface area contributed by atoms with Crippen molar-refractivity contribution in [3.8, 4) is 0 Å². The highest BCUT2D eigenvalue weighted by Gasteiger charge is 2.33. The molecular formula is C10H12F3N3O. The van der Waals surface area contributed by atoms with Crippen molar-refractivity contribution < 1.29 is 17.9 Å². The van der Waals surface area contributed by atoms with Crippen LogP contribution in [0.3, 0.4) is 0 Å². The molecule has 0 aromatic carbocycles. The van der Waals surface area contributed by atoms with Crippen molar-refractivity contribution in [2.24, 2.45) is 0 Å². The Bertz CT molecular complexity index is 377. The van der Waals surface area contributed by atoms with Gasteiger partial charge in [-0.05, 0) is 12.8 Å². The largest absolute Gasteiger partial charge is 0.433 e. The average Bonchev–Trinajstić information content (AvgIpc) is 2.29. The van der Waals surface area contributed by atoms with E-state index in [0.717, 1.165) is 25.2 Å². The molecule has 0 unspecified atom stereocenters. The molecule has 1 aliphatic heterocycles. The van der Waals surface area contributed by atoms with Crippen LogP contribution in [0.15, 0.2) is 12.4 Å². The van der Waals surface area contributed by atoms with Crippen molar-refractivity contribution in [2.45, 2.75) is 25.1 Å². The molecule has 1 aromatic heterocycles. The smallest absolute Gasteiger partial charge is 0.381 e. The quantitative estimate of drug-likeness (QED) is 0.869. The molecule has 0 bridgehead atoms. The summed E-state index contributed by atoms with van der Waals surface area (Å²) in [6.07, 6.45) is -1.98. The fraction of sp³-hybridized carbons (Fsp3) is 0.600. The van der Waals surface area contributed by atoms with Crippen LogP contribution in [0.4, 0.5) is 19.0 Å². The molecule has 0 spiro atoms. The molecule has 17 heavy (non-hydrogen) atoms. The Balaban J connectivity index is 2.05. The number of nitrogens with zero attached hydrogens (tertiary/aromatic N) is 2. The maximum atomic E-state index is 12.4. The van der Waals surface area contributed by atoms with Crippen LogP contribution in [-0.4, -0.2) is 29.2 Å². The number of hydrogen-bond donors (Lipinski definition) is 1. The van der Waals surface area contributed by atoms with E-state index in [4.69, 9.17) is 4.74 Å². The van der Waals surface area contributed by atoms with E-state index in [1.807, 2.05) is 0 Å². The van der Waals surface area contributed by atoms with Crippen molar-refractivity contribution in [1.82, 2.24) is 9.97 Å². The molecule has 0 aliphatic carbocycles. The van der Waals surface area contributed by atoms with E-state index < -0.39 is 11.9 Å². The van der Waals surface area contributed by atoms with Gasteiger partial charge in [0.15, 0.2) is 0 Å². The SMILES string of the molecule is FC(F)(F)c1cc(NC2CCOCC2)ncn1. The number of alkyl halides is 3. The lowest BCUT2D eigenvalue weighted by atomic mass is 10.1. The van der Waals surface area contributed by atoms with Crippen molar-refractivity contribution in [3.05, 3.63) is 18.1 Å². The Kier molecular flexibility index (Phi) is 3.46. The topological polar surface area (TPSA) is 47.0 Å². The van der Waals surface area contributed by atoms with Crippen molar-refractivity contribution in [3.63, 3.8) is 0 Å². The van der Waals surface area contributed by atoms with Crippen LogP contribution in [0.2, 0.25) is 0 Å². The highest BCUT2D eigenvalue weighted by molar-refractivity contribution is 5.36. The molecule has 1 saturated heterocycles. The minimum atomic E-state index is -4.44.